The fourth-order valence-electron chi connectivity index (χ4n) is 3.84. The Labute approximate surface area is 159 Å². The van der Waals surface area contributed by atoms with Crippen molar-refractivity contribution in [2.45, 2.75) is 39.4 Å². The summed E-state index contributed by atoms with van der Waals surface area (Å²) in [6, 6.07) is 8.66. The van der Waals surface area contributed by atoms with Crippen molar-refractivity contribution in [1.82, 2.24) is 24.8 Å². The van der Waals surface area contributed by atoms with E-state index < -0.39 is 0 Å². The van der Waals surface area contributed by atoms with Gasteiger partial charge in [-0.15, -0.1) is 5.10 Å². The highest BCUT2D eigenvalue weighted by atomic mass is 16.5. The maximum absolute atomic E-state index is 12.4. The van der Waals surface area contributed by atoms with Gasteiger partial charge in [0.2, 0.25) is 5.91 Å². The minimum atomic E-state index is 0.187. The fraction of sp³-hybridized carbons (Fsp3) is 0.550. The molecule has 27 heavy (non-hydrogen) atoms. The summed E-state index contributed by atoms with van der Waals surface area (Å²) in [5.41, 5.74) is 4.74. The van der Waals surface area contributed by atoms with Crippen molar-refractivity contribution in [3.8, 4) is 0 Å². The maximum Gasteiger partial charge on any atom is 0.223 e. The van der Waals surface area contributed by atoms with Crippen LogP contribution in [0.25, 0.3) is 0 Å². The van der Waals surface area contributed by atoms with Gasteiger partial charge in [-0.05, 0) is 12.5 Å². The molecule has 0 atom stereocenters. The SMILES string of the molecule is Cc1cccc(CN2CCn3nnc(CCC(=O)N4CCOCC4)c3C2)c1. The van der Waals surface area contributed by atoms with E-state index in [9.17, 15) is 4.79 Å². The van der Waals surface area contributed by atoms with Crippen molar-refractivity contribution in [3.63, 3.8) is 0 Å². The number of morpholine rings is 1. The molecule has 0 radical (unpaired) electrons. The summed E-state index contributed by atoms with van der Waals surface area (Å²) in [7, 11) is 0. The first-order chi connectivity index (χ1) is 13.2. The number of ether oxygens (including phenoxy) is 1. The van der Waals surface area contributed by atoms with Crippen molar-refractivity contribution in [2.75, 3.05) is 32.8 Å². The lowest BCUT2D eigenvalue weighted by atomic mass is 10.1. The number of amides is 1. The van der Waals surface area contributed by atoms with Crippen LogP contribution in [0.2, 0.25) is 0 Å². The minimum Gasteiger partial charge on any atom is -0.378 e. The summed E-state index contributed by atoms with van der Waals surface area (Å²) >= 11 is 0. The molecule has 1 aromatic heterocycles. The van der Waals surface area contributed by atoms with Gasteiger partial charge in [0, 0.05) is 45.6 Å². The van der Waals surface area contributed by atoms with Crippen molar-refractivity contribution in [1.29, 1.82) is 0 Å². The third-order valence-electron chi connectivity index (χ3n) is 5.35. The predicted molar refractivity (Wildman–Crippen MR) is 101 cm³/mol. The highest BCUT2D eigenvalue weighted by molar-refractivity contribution is 5.76. The van der Waals surface area contributed by atoms with Gasteiger partial charge in [0.15, 0.2) is 0 Å². The number of hydrogen-bond acceptors (Lipinski definition) is 5. The van der Waals surface area contributed by atoms with Crippen LogP contribution >= 0.6 is 0 Å². The normalized spacial score (nSPS) is 17.7. The standard InChI is InChI=1S/C20H27N5O2/c1-16-3-2-4-17(13-16)14-23-7-8-25-19(15-23)18(21-22-25)5-6-20(26)24-9-11-27-12-10-24/h2-4,13H,5-12,14-15H2,1H3. The quantitative estimate of drug-likeness (QED) is 0.797. The van der Waals surface area contributed by atoms with Crippen LogP contribution in [0.4, 0.5) is 0 Å². The molecule has 7 heteroatoms. The van der Waals surface area contributed by atoms with E-state index in [4.69, 9.17) is 4.74 Å². The molecule has 0 bridgehead atoms. The molecule has 2 aliphatic rings. The van der Waals surface area contributed by atoms with Crippen LogP contribution in [0.5, 0.6) is 0 Å². The van der Waals surface area contributed by atoms with E-state index >= 15 is 0 Å². The van der Waals surface area contributed by atoms with Crippen LogP contribution in [-0.2, 0) is 35.6 Å². The van der Waals surface area contributed by atoms with Crippen LogP contribution in [0.1, 0.15) is 28.9 Å². The number of hydrogen-bond donors (Lipinski definition) is 0. The molecule has 1 fully saturated rings. The average molecular weight is 369 g/mol. The van der Waals surface area contributed by atoms with Gasteiger partial charge >= 0.3 is 0 Å². The molecule has 2 aromatic rings. The maximum atomic E-state index is 12.4. The summed E-state index contributed by atoms with van der Waals surface area (Å²) in [5, 5.41) is 8.66. The topological polar surface area (TPSA) is 63.5 Å². The van der Waals surface area contributed by atoms with E-state index in [0.717, 1.165) is 37.6 Å². The van der Waals surface area contributed by atoms with Gasteiger partial charge in [-0.1, -0.05) is 35.0 Å². The van der Waals surface area contributed by atoms with Crippen LogP contribution < -0.4 is 0 Å². The number of rotatable bonds is 5. The number of aromatic nitrogens is 3. The second kappa shape index (κ2) is 8.19. The molecule has 144 valence electrons. The van der Waals surface area contributed by atoms with Crippen LogP contribution in [0.15, 0.2) is 24.3 Å². The Morgan fingerprint density at radius 2 is 2.04 bits per heavy atom. The Balaban J connectivity index is 1.37. The number of carbonyl (C=O) groups excluding carboxylic acids is 1. The minimum absolute atomic E-state index is 0.187. The first-order valence-electron chi connectivity index (χ1n) is 9.74. The van der Waals surface area contributed by atoms with Crippen LogP contribution in [0, 0.1) is 6.92 Å². The largest absolute Gasteiger partial charge is 0.378 e. The van der Waals surface area contributed by atoms with Crippen LogP contribution in [-0.4, -0.2) is 63.5 Å². The van der Waals surface area contributed by atoms with Crippen molar-refractivity contribution >= 4 is 5.91 Å². The molecule has 1 saturated heterocycles. The molecule has 0 unspecified atom stereocenters. The third-order valence-corrected chi connectivity index (χ3v) is 5.35. The zero-order chi connectivity index (χ0) is 18.6. The molecule has 0 aliphatic carbocycles. The highest BCUT2D eigenvalue weighted by Gasteiger charge is 2.23. The van der Waals surface area contributed by atoms with E-state index in [1.807, 2.05) is 9.58 Å². The molecule has 0 N–H and O–H groups in total. The molecular formula is C20H27N5O2. The molecule has 4 rings (SSSR count). The van der Waals surface area contributed by atoms with E-state index in [1.54, 1.807) is 0 Å². The molecule has 2 aliphatic heterocycles. The Kier molecular flexibility index (Phi) is 5.50. The van der Waals surface area contributed by atoms with Crippen molar-refractivity contribution in [2.24, 2.45) is 0 Å². The Hall–Kier alpha value is -2.25. The van der Waals surface area contributed by atoms with E-state index in [0.29, 0.717) is 39.1 Å². The fourth-order valence-corrected chi connectivity index (χ4v) is 3.84. The predicted octanol–water partition coefficient (Wildman–Crippen LogP) is 1.39. The molecule has 1 aromatic carbocycles. The lowest BCUT2D eigenvalue weighted by Crippen LogP contribution is -2.40. The zero-order valence-electron chi connectivity index (χ0n) is 15.9. The first kappa shape index (κ1) is 18.1. The zero-order valence-corrected chi connectivity index (χ0v) is 15.9. The molecule has 3 heterocycles. The summed E-state index contributed by atoms with van der Waals surface area (Å²) < 4.78 is 7.32. The van der Waals surface area contributed by atoms with E-state index in [2.05, 4.69) is 46.4 Å². The molecule has 7 nitrogen and oxygen atoms in total. The first-order valence-corrected chi connectivity index (χ1v) is 9.74. The lowest BCUT2D eigenvalue weighted by Gasteiger charge is -2.28. The lowest BCUT2D eigenvalue weighted by molar-refractivity contribution is -0.135. The van der Waals surface area contributed by atoms with E-state index in [-0.39, 0.29) is 5.91 Å². The average Bonchev–Trinajstić information content (AvgIpc) is 3.09. The molecular weight excluding hydrogens is 342 g/mol. The monoisotopic (exact) mass is 369 g/mol. The molecule has 0 spiro atoms. The third kappa shape index (κ3) is 4.36. The van der Waals surface area contributed by atoms with Gasteiger partial charge in [0.25, 0.3) is 0 Å². The highest BCUT2D eigenvalue weighted by Crippen LogP contribution is 2.19. The molecule has 1 amide bonds. The summed E-state index contributed by atoms with van der Waals surface area (Å²) in [6.45, 7) is 8.39. The number of fused-ring (bicyclic) bond motifs is 1. The smallest absolute Gasteiger partial charge is 0.223 e. The van der Waals surface area contributed by atoms with Crippen molar-refractivity contribution in [3.05, 3.63) is 46.8 Å². The second-order valence-electron chi connectivity index (χ2n) is 7.40. The summed E-state index contributed by atoms with van der Waals surface area (Å²) in [4.78, 5) is 16.7. The summed E-state index contributed by atoms with van der Waals surface area (Å²) in [5.74, 6) is 0.187. The number of carbonyl (C=O) groups is 1. The number of nitrogens with zero attached hydrogens (tertiary/aromatic N) is 5. The summed E-state index contributed by atoms with van der Waals surface area (Å²) in [6.07, 6.45) is 1.15. The van der Waals surface area contributed by atoms with Gasteiger partial charge in [0.05, 0.1) is 31.1 Å². The number of benzene rings is 1. The van der Waals surface area contributed by atoms with Gasteiger partial charge in [-0.2, -0.15) is 0 Å². The second-order valence-corrected chi connectivity index (χ2v) is 7.40. The van der Waals surface area contributed by atoms with Gasteiger partial charge in [-0.3, -0.25) is 9.69 Å². The molecule has 0 saturated carbocycles. The Morgan fingerprint density at radius 1 is 1.19 bits per heavy atom. The Morgan fingerprint density at radius 3 is 2.85 bits per heavy atom. The Bertz CT molecular complexity index is 797. The van der Waals surface area contributed by atoms with Gasteiger partial charge in [0.1, 0.15) is 0 Å². The number of aryl methyl sites for hydroxylation is 2. The van der Waals surface area contributed by atoms with Crippen LogP contribution in [0.3, 0.4) is 0 Å². The van der Waals surface area contributed by atoms with E-state index in [1.165, 1.54) is 11.1 Å². The van der Waals surface area contributed by atoms with Gasteiger partial charge in [-0.25, -0.2) is 4.68 Å². The van der Waals surface area contributed by atoms with Crippen molar-refractivity contribution < 1.29 is 9.53 Å². The van der Waals surface area contributed by atoms with Gasteiger partial charge < -0.3 is 9.64 Å².